The summed E-state index contributed by atoms with van der Waals surface area (Å²) in [7, 11) is 0. The molecular formula is C23H25FN4O4. The molecule has 3 heterocycles. The van der Waals surface area contributed by atoms with Crippen LogP contribution in [0, 0.1) is 12.7 Å². The highest BCUT2D eigenvalue weighted by molar-refractivity contribution is 5.79. The lowest BCUT2D eigenvalue weighted by atomic mass is 10.0. The molecule has 5 rings (SSSR count). The maximum absolute atomic E-state index is 13.5. The number of likely N-dealkylation sites (tertiary alicyclic amines) is 1. The lowest BCUT2D eigenvalue weighted by molar-refractivity contribution is 0.0563. The molecule has 32 heavy (non-hydrogen) atoms. The fraction of sp³-hybridized carbons (Fsp3) is 0.391. The van der Waals surface area contributed by atoms with Gasteiger partial charge in [-0.15, -0.1) is 0 Å². The molecule has 0 saturated carbocycles. The molecule has 0 radical (unpaired) electrons. The van der Waals surface area contributed by atoms with E-state index in [0.29, 0.717) is 34.8 Å². The molecule has 1 aliphatic rings. The Labute approximate surface area is 183 Å². The minimum atomic E-state index is -0.659. The second-order valence-electron chi connectivity index (χ2n) is 8.29. The summed E-state index contributed by atoms with van der Waals surface area (Å²) in [6.45, 7) is 3.91. The smallest absolute Gasteiger partial charge is 0.326 e. The Morgan fingerprint density at radius 3 is 2.94 bits per heavy atom. The number of piperidine rings is 1. The zero-order valence-corrected chi connectivity index (χ0v) is 17.8. The number of hydrogen-bond donors (Lipinski definition) is 2. The number of oxazole rings is 1. The van der Waals surface area contributed by atoms with Crippen LogP contribution >= 0.6 is 0 Å². The SMILES string of the molecule is Cc1nc2c(OC[C@@H](O)CN3CCC(n4c(=O)[nH]c5cc(F)ccc54)CC3)cccc2o1. The number of rotatable bonds is 6. The fourth-order valence-corrected chi connectivity index (χ4v) is 4.51. The third-order valence-corrected chi connectivity index (χ3v) is 5.99. The number of aryl methyl sites for hydroxylation is 1. The van der Waals surface area contributed by atoms with Gasteiger partial charge in [0, 0.05) is 32.6 Å². The Bertz CT molecular complexity index is 1300. The van der Waals surface area contributed by atoms with Gasteiger partial charge in [0.15, 0.2) is 17.0 Å². The van der Waals surface area contributed by atoms with E-state index in [1.165, 1.54) is 12.1 Å². The van der Waals surface area contributed by atoms with E-state index in [4.69, 9.17) is 9.15 Å². The number of hydrogen-bond acceptors (Lipinski definition) is 6. The zero-order valence-electron chi connectivity index (χ0n) is 17.8. The van der Waals surface area contributed by atoms with Crippen LogP contribution in [-0.4, -0.2) is 56.9 Å². The van der Waals surface area contributed by atoms with E-state index in [2.05, 4.69) is 14.9 Å². The third-order valence-electron chi connectivity index (χ3n) is 5.99. The quantitative estimate of drug-likeness (QED) is 0.479. The standard InChI is InChI=1S/C23H25FN4O4/c1-14-25-22-20(3-2-4-21(22)32-14)31-13-17(29)12-27-9-7-16(8-10-27)28-19-6-5-15(24)11-18(19)26-23(28)30/h2-6,11,16-17,29H,7-10,12-13H2,1H3,(H,26,30)/t17-/m0/s1. The maximum Gasteiger partial charge on any atom is 0.326 e. The van der Waals surface area contributed by atoms with Gasteiger partial charge in [0.1, 0.15) is 24.3 Å². The largest absolute Gasteiger partial charge is 0.488 e. The number of aliphatic hydroxyl groups is 1. The summed E-state index contributed by atoms with van der Waals surface area (Å²) in [6.07, 6.45) is 0.888. The monoisotopic (exact) mass is 440 g/mol. The molecule has 8 nitrogen and oxygen atoms in total. The molecule has 0 unspecified atom stereocenters. The van der Waals surface area contributed by atoms with Gasteiger partial charge >= 0.3 is 5.69 Å². The number of imidazole rings is 1. The van der Waals surface area contributed by atoms with Gasteiger partial charge in [0.05, 0.1) is 11.0 Å². The summed E-state index contributed by atoms with van der Waals surface area (Å²) >= 11 is 0. The summed E-state index contributed by atoms with van der Waals surface area (Å²) in [5.41, 5.74) is 2.34. The minimum Gasteiger partial charge on any atom is -0.488 e. The van der Waals surface area contributed by atoms with E-state index in [9.17, 15) is 14.3 Å². The minimum absolute atomic E-state index is 0.0411. The summed E-state index contributed by atoms with van der Waals surface area (Å²) in [5.74, 6) is 0.790. The molecule has 4 aromatic rings. The van der Waals surface area contributed by atoms with Crippen molar-refractivity contribution in [3.8, 4) is 5.75 Å². The first-order chi connectivity index (χ1) is 15.5. The average molecular weight is 440 g/mol. The van der Waals surface area contributed by atoms with E-state index in [-0.39, 0.29) is 24.2 Å². The van der Waals surface area contributed by atoms with Crippen molar-refractivity contribution in [1.29, 1.82) is 0 Å². The van der Waals surface area contributed by atoms with Gasteiger partial charge in [-0.05, 0) is 43.2 Å². The Hall–Kier alpha value is -3.17. The highest BCUT2D eigenvalue weighted by Gasteiger charge is 2.25. The van der Waals surface area contributed by atoms with Crippen LogP contribution in [0.5, 0.6) is 5.75 Å². The van der Waals surface area contributed by atoms with Crippen molar-refractivity contribution in [1.82, 2.24) is 19.4 Å². The number of aliphatic hydroxyl groups excluding tert-OH is 1. The number of H-pyrrole nitrogens is 1. The summed E-state index contributed by atoms with van der Waals surface area (Å²) < 4.78 is 26.5. The Morgan fingerprint density at radius 1 is 1.31 bits per heavy atom. The van der Waals surface area contributed by atoms with Gasteiger partial charge in [-0.3, -0.25) is 4.57 Å². The van der Waals surface area contributed by atoms with Crippen LogP contribution in [0.4, 0.5) is 4.39 Å². The number of ether oxygens (including phenoxy) is 1. The molecule has 2 N–H and O–H groups in total. The van der Waals surface area contributed by atoms with Crippen molar-refractivity contribution >= 4 is 22.1 Å². The second kappa shape index (κ2) is 8.40. The molecule has 0 bridgehead atoms. The molecule has 0 amide bonds. The van der Waals surface area contributed by atoms with E-state index >= 15 is 0 Å². The number of nitrogens with zero attached hydrogens (tertiary/aromatic N) is 3. The van der Waals surface area contributed by atoms with Gasteiger partial charge in [-0.25, -0.2) is 14.2 Å². The molecule has 1 aliphatic heterocycles. The van der Waals surface area contributed by atoms with Crippen molar-refractivity contribution in [3.05, 3.63) is 58.6 Å². The predicted molar refractivity (Wildman–Crippen MR) is 117 cm³/mol. The van der Waals surface area contributed by atoms with Gasteiger partial charge in [-0.1, -0.05) is 6.07 Å². The van der Waals surface area contributed by atoms with Crippen LogP contribution in [0.15, 0.2) is 45.6 Å². The predicted octanol–water partition coefficient (Wildman–Crippen LogP) is 3.00. The molecule has 0 spiro atoms. The molecule has 168 valence electrons. The van der Waals surface area contributed by atoms with E-state index in [0.717, 1.165) is 31.4 Å². The Balaban J connectivity index is 1.17. The lowest BCUT2D eigenvalue weighted by Crippen LogP contribution is -2.42. The molecular weight excluding hydrogens is 415 g/mol. The zero-order chi connectivity index (χ0) is 22.2. The number of nitrogens with one attached hydrogen (secondary N) is 1. The van der Waals surface area contributed by atoms with Gasteiger partial charge < -0.3 is 24.1 Å². The van der Waals surface area contributed by atoms with Crippen molar-refractivity contribution in [2.75, 3.05) is 26.2 Å². The van der Waals surface area contributed by atoms with Crippen molar-refractivity contribution < 1.29 is 18.7 Å². The van der Waals surface area contributed by atoms with E-state index in [1.807, 2.05) is 18.2 Å². The van der Waals surface area contributed by atoms with Gasteiger partial charge in [0.25, 0.3) is 0 Å². The van der Waals surface area contributed by atoms with Crippen LogP contribution in [0.2, 0.25) is 0 Å². The number of aromatic amines is 1. The molecule has 2 aromatic carbocycles. The van der Waals surface area contributed by atoms with Crippen molar-refractivity contribution in [2.45, 2.75) is 31.9 Å². The number of β-amino-alcohol motifs (C(OH)–C–C–N with tert-alkyl or cyclic N) is 1. The topological polar surface area (TPSA) is 96.5 Å². The van der Waals surface area contributed by atoms with Crippen LogP contribution < -0.4 is 10.4 Å². The van der Waals surface area contributed by atoms with Gasteiger partial charge in [-0.2, -0.15) is 0 Å². The number of fused-ring (bicyclic) bond motifs is 2. The molecule has 0 aliphatic carbocycles. The van der Waals surface area contributed by atoms with Gasteiger partial charge in [0.2, 0.25) is 0 Å². The molecule has 1 atom stereocenters. The Kier molecular flexibility index (Phi) is 5.44. The highest BCUT2D eigenvalue weighted by atomic mass is 19.1. The van der Waals surface area contributed by atoms with E-state index < -0.39 is 6.10 Å². The summed E-state index contributed by atoms with van der Waals surface area (Å²) in [4.78, 5) is 21.7. The first-order valence-electron chi connectivity index (χ1n) is 10.8. The fourth-order valence-electron chi connectivity index (χ4n) is 4.51. The maximum atomic E-state index is 13.5. The number of benzene rings is 2. The first-order valence-corrected chi connectivity index (χ1v) is 10.8. The van der Waals surface area contributed by atoms with Crippen LogP contribution in [0.1, 0.15) is 24.8 Å². The molecule has 1 saturated heterocycles. The first kappa shape index (κ1) is 20.7. The molecule has 2 aromatic heterocycles. The van der Waals surface area contributed by atoms with Crippen molar-refractivity contribution in [2.24, 2.45) is 0 Å². The Morgan fingerprint density at radius 2 is 2.12 bits per heavy atom. The van der Waals surface area contributed by atoms with Crippen LogP contribution in [0.25, 0.3) is 22.1 Å². The summed E-state index contributed by atoms with van der Waals surface area (Å²) in [6, 6.07) is 9.89. The number of halogens is 1. The van der Waals surface area contributed by atoms with Crippen molar-refractivity contribution in [3.63, 3.8) is 0 Å². The third kappa shape index (κ3) is 4.01. The molecule has 1 fully saturated rings. The molecule has 9 heteroatoms. The highest BCUT2D eigenvalue weighted by Crippen LogP contribution is 2.27. The average Bonchev–Trinajstić information content (AvgIpc) is 3.30. The summed E-state index contributed by atoms with van der Waals surface area (Å²) in [5, 5.41) is 10.5. The number of para-hydroxylation sites is 1. The second-order valence-corrected chi connectivity index (χ2v) is 8.29. The van der Waals surface area contributed by atoms with Crippen LogP contribution in [0.3, 0.4) is 0 Å². The number of aromatic nitrogens is 3. The van der Waals surface area contributed by atoms with Crippen LogP contribution in [-0.2, 0) is 0 Å². The van der Waals surface area contributed by atoms with E-state index in [1.54, 1.807) is 17.6 Å². The lowest BCUT2D eigenvalue weighted by Gasteiger charge is -2.33. The normalized spacial score (nSPS) is 16.7.